The number of carbonyl (C=O) groups is 1. The quantitative estimate of drug-likeness (QED) is 0.775. The summed E-state index contributed by atoms with van der Waals surface area (Å²) in [6.07, 6.45) is 4.66. The van der Waals surface area contributed by atoms with Crippen LogP contribution in [-0.2, 0) is 9.47 Å². The second-order valence-electron chi connectivity index (χ2n) is 7.38. The van der Waals surface area contributed by atoms with Gasteiger partial charge in [-0.1, -0.05) is 5.16 Å². The van der Waals surface area contributed by atoms with Crippen LogP contribution in [0.5, 0.6) is 0 Å². The summed E-state index contributed by atoms with van der Waals surface area (Å²) < 4.78 is 15.6. The molecule has 7 nitrogen and oxygen atoms in total. The van der Waals surface area contributed by atoms with Crippen molar-refractivity contribution in [3.8, 4) is 0 Å². The standard InChI is InChI=1S/C18H29N3O4/c1-14-16(12-25-19-14)17(22)20-6-4-18(5-7-20)10-15(11-24-3)21(13-18)8-9-23-2/h12,15H,4-11,13H2,1-3H3. The van der Waals surface area contributed by atoms with E-state index < -0.39 is 0 Å². The third-order valence-electron chi connectivity index (χ3n) is 5.76. The molecule has 2 saturated heterocycles. The molecule has 1 spiro atoms. The third kappa shape index (κ3) is 3.88. The van der Waals surface area contributed by atoms with Crippen LogP contribution in [0.25, 0.3) is 0 Å². The van der Waals surface area contributed by atoms with Crippen LogP contribution in [0.1, 0.15) is 35.3 Å². The van der Waals surface area contributed by atoms with Crippen molar-refractivity contribution >= 4 is 5.91 Å². The van der Waals surface area contributed by atoms with Crippen LogP contribution in [0.15, 0.2) is 10.8 Å². The summed E-state index contributed by atoms with van der Waals surface area (Å²) in [6.45, 7) is 6.90. The van der Waals surface area contributed by atoms with E-state index in [4.69, 9.17) is 14.0 Å². The van der Waals surface area contributed by atoms with Gasteiger partial charge in [0.25, 0.3) is 5.91 Å². The predicted octanol–water partition coefficient (Wildman–Crippen LogP) is 1.57. The Hall–Kier alpha value is -1.44. The van der Waals surface area contributed by atoms with Crippen LogP contribution in [0.4, 0.5) is 0 Å². The molecule has 0 bridgehead atoms. The number of carbonyl (C=O) groups excluding carboxylic acids is 1. The Bertz CT molecular complexity index is 581. The first-order chi connectivity index (χ1) is 12.1. The summed E-state index contributed by atoms with van der Waals surface area (Å²) in [5.41, 5.74) is 1.54. The van der Waals surface area contributed by atoms with E-state index in [1.54, 1.807) is 14.2 Å². The molecule has 2 fully saturated rings. The zero-order valence-electron chi connectivity index (χ0n) is 15.5. The molecule has 1 atom stereocenters. The average Bonchev–Trinajstić information content (AvgIpc) is 3.18. The normalized spacial score (nSPS) is 23.5. The molecule has 7 heteroatoms. The summed E-state index contributed by atoms with van der Waals surface area (Å²) in [7, 11) is 3.51. The molecule has 2 aliphatic rings. The van der Waals surface area contributed by atoms with E-state index >= 15 is 0 Å². The number of aryl methyl sites for hydroxylation is 1. The molecule has 2 aliphatic heterocycles. The van der Waals surface area contributed by atoms with Gasteiger partial charge in [-0.25, -0.2) is 0 Å². The number of methoxy groups -OCH3 is 2. The van der Waals surface area contributed by atoms with Gasteiger partial charge in [0.15, 0.2) is 0 Å². The topological polar surface area (TPSA) is 68.0 Å². The van der Waals surface area contributed by atoms with Crippen molar-refractivity contribution in [2.24, 2.45) is 5.41 Å². The second kappa shape index (κ2) is 7.85. The number of nitrogens with zero attached hydrogens (tertiary/aromatic N) is 3. The van der Waals surface area contributed by atoms with E-state index in [1.807, 2.05) is 11.8 Å². The largest absolute Gasteiger partial charge is 0.383 e. The van der Waals surface area contributed by atoms with Gasteiger partial charge < -0.3 is 18.9 Å². The van der Waals surface area contributed by atoms with E-state index in [2.05, 4.69) is 10.1 Å². The van der Waals surface area contributed by atoms with Crippen molar-refractivity contribution in [3.63, 3.8) is 0 Å². The monoisotopic (exact) mass is 351 g/mol. The minimum Gasteiger partial charge on any atom is -0.383 e. The summed E-state index contributed by atoms with van der Waals surface area (Å²) in [5, 5.41) is 3.82. The first-order valence-electron chi connectivity index (χ1n) is 9.01. The molecule has 0 aliphatic carbocycles. The zero-order chi connectivity index (χ0) is 17.9. The minimum atomic E-state index is 0.0382. The minimum absolute atomic E-state index is 0.0382. The highest BCUT2D eigenvalue weighted by Gasteiger charge is 2.45. The smallest absolute Gasteiger partial charge is 0.259 e. The fraction of sp³-hybridized carbons (Fsp3) is 0.778. The first-order valence-corrected chi connectivity index (χ1v) is 9.01. The molecule has 25 heavy (non-hydrogen) atoms. The van der Waals surface area contributed by atoms with Gasteiger partial charge in [0.05, 0.1) is 18.9 Å². The predicted molar refractivity (Wildman–Crippen MR) is 92.5 cm³/mol. The molecule has 0 radical (unpaired) electrons. The number of amides is 1. The molecule has 3 rings (SSSR count). The lowest BCUT2D eigenvalue weighted by molar-refractivity contribution is 0.0581. The van der Waals surface area contributed by atoms with Crippen LogP contribution < -0.4 is 0 Å². The summed E-state index contributed by atoms with van der Waals surface area (Å²) >= 11 is 0. The van der Waals surface area contributed by atoms with Gasteiger partial charge in [-0.15, -0.1) is 0 Å². The van der Waals surface area contributed by atoms with Gasteiger partial charge in [0, 0.05) is 46.4 Å². The van der Waals surface area contributed by atoms with Crippen molar-refractivity contribution in [1.82, 2.24) is 15.0 Å². The maximum absolute atomic E-state index is 12.6. The molecule has 3 heterocycles. The van der Waals surface area contributed by atoms with E-state index in [-0.39, 0.29) is 11.3 Å². The SMILES string of the molecule is COCCN1CC2(CCN(C(=O)c3conc3C)CC2)CC1COC. The van der Waals surface area contributed by atoms with Gasteiger partial charge in [0.2, 0.25) is 0 Å². The van der Waals surface area contributed by atoms with Gasteiger partial charge in [-0.05, 0) is 31.6 Å². The van der Waals surface area contributed by atoms with Crippen LogP contribution in [0.3, 0.4) is 0 Å². The maximum Gasteiger partial charge on any atom is 0.259 e. The van der Waals surface area contributed by atoms with Crippen LogP contribution in [0.2, 0.25) is 0 Å². The van der Waals surface area contributed by atoms with Crippen LogP contribution in [-0.4, -0.2) is 80.5 Å². The van der Waals surface area contributed by atoms with Crippen molar-refractivity contribution in [2.75, 3.05) is 53.6 Å². The Morgan fingerprint density at radius 3 is 2.72 bits per heavy atom. The van der Waals surface area contributed by atoms with Gasteiger partial charge in [-0.3, -0.25) is 9.69 Å². The average molecular weight is 351 g/mol. The van der Waals surface area contributed by atoms with Crippen molar-refractivity contribution < 1.29 is 18.8 Å². The molecule has 0 saturated carbocycles. The molecule has 1 amide bonds. The lowest BCUT2D eigenvalue weighted by Gasteiger charge is -2.39. The fourth-order valence-electron chi connectivity index (χ4n) is 4.29. The molecule has 1 aromatic rings. The van der Waals surface area contributed by atoms with Crippen LogP contribution >= 0.6 is 0 Å². The van der Waals surface area contributed by atoms with Gasteiger partial charge >= 0.3 is 0 Å². The Labute approximate surface area is 149 Å². The summed E-state index contributed by atoms with van der Waals surface area (Å²) in [6, 6.07) is 0.447. The Morgan fingerprint density at radius 1 is 1.36 bits per heavy atom. The Morgan fingerprint density at radius 2 is 2.12 bits per heavy atom. The van der Waals surface area contributed by atoms with E-state index in [0.717, 1.165) is 58.7 Å². The number of rotatable bonds is 6. The van der Waals surface area contributed by atoms with Gasteiger partial charge in [-0.2, -0.15) is 0 Å². The maximum atomic E-state index is 12.6. The Kier molecular flexibility index (Phi) is 5.76. The molecule has 1 unspecified atom stereocenters. The first kappa shape index (κ1) is 18.4. The van der Waals surface area contributed by atoms with Gasteiger partial charge in [0.1, 0.15) is 11.8 Å². The highest BCUT2D eigenvalue weighted by Crippen LogP contribution is 2.43. The van der Waals surface area contributed by atoms with Crippen molar-refractivity contribution in [3.05, 3.63) is 17.5 Å². The number of aromatic nitrogens is 1. The Balaban J connectivity index is 1.60. The third-order valence-corrected chi connectivity index (χ3v) is 5.76. The van der Waals surface area contributed by atoms with Crippen molar-refractivity contribution in [1.29, 1.82) is 0 Å². The number of hydrogen-bond donors (Lipinski definition) is 0. The molecule has 0 N–H and O–H groups in total. The van der Waals surface area contributed by atoms with Crippen molar-refractivity contribution in [2.45, 2.75) is 32.2 Å². The number of ether oxygens (including phenoxy) is 2. The van der Waals surface area contributed by atoms with E-state index in [1.165, 1.54) is 6.26 Å². The molecular formula is C18H29N3O4. The molecule has 140 valence electrons. The highest BCUT2D eigenvalue weighted by atomic mass is 16.5. The lowest BCUT2D eigenvalue weighted by atomic mass is 9.76. The summed E-state index contributed by atoms with van der Waals surface area (Å²) in [5.74, 6) is 0.0382. The molecular weight excluding hydrogens is 322 g/mol. The number of piperidine rings is 1. The molecule has 0 aromatic carbocycles. The van der Waals surface area contributed by atoms with Crippen LogP contribution in [0, 0.1) is 12.3 Å². The number of hydrogen-bond acceptors (Lipinski definition) is 6. The second-order valence-corrected chi connectivity index (χ2v) is 7.38. The van der Waals surface area contributed by atoms with E-state index in [9.17, 15) is 4.79 Å². The number of likely N-dealkylation sites (tertiary alicyclic amines) is 2. The summed E-state index contributed by atoms with van der Waals surface area (Å²) in [4.78, 5) is 17.1. The highest BCUT2D eigenvalue weighted by molar-refractivity contribution is 5.94. The van der Waals surface area contributed by atoms with E-state index in [0.29, 0.717) is 17.3 Å². The molecule has 1 aromatic heterocycles. The lowest BCUT2D eigenvalue weighted by Crippen LogP contribution is -2.44. The fourth-order valence-corrected chi connectivity index (χ4v) is 4.29. The zero-order valence-corrected chi connectivity index (χ0v) is 15.5.